The van der Waals surface area contributed by atoms with Crippen molar-refractivity contribution in [2.75, 3.05) is 19.6 Å². The molecular weight excluding hydrogens is 371 g/mol. The molecule has 0 aliphatic carbocycles. The third-order valence-corrected chi connectivity index (χ3v) is 5.77. The van der Waals surface area contributed by atoms with E-state index < -0.39 is 0 Å². The molecule has 156 valence electrons. The highest BCUT2D eigenvalue weighted by Gasteiger charge is 2.27. The Morgan fingerprint density at radius 3 is 2.48 bits per heavy atom. The third kappa shape index (κ3) is 4.49. The van der Waals surface area contributed by atoms with Gasteiger partial charge in [0.05, 0.1) is 11.3 Å². The minimum Gasteiger partial charge on any atom is -0.352 e. The van der Waals surface area contributed by atoms with E-state index in [0.29, 0.717) is 42.2 Å². The average molecular weight is 400 g/mol. The number of hydrogen-bond acceptors (Lipinski definition) is 3. The number of benzene rings is 1. The van der Waals surface area contributed by atoms with Crippen molar-refractivity contribution in [3.05, 3.63) is 52.1 Å². The quantitative estimate of drug-likeness (QED) is 0.838. The number of likely N-dealkylation sites (tertiary alicyclic amines) is 1. The number of hydrogen-bond donors (Lipinski definition) is 1. The summed E-state index contributed by atoms with van der Waals surface area (Å²) in [7, 11) is 0. The Morgan fingerprint density at radius 2 is 1.90 bits per heavy atom. The standard InChI is InChI=1S/C22H29FN4O2/c1-5-27-16(4)20(15(3)25-27)22(29)26-10-8-17(9-11-26)13-24-21(28)18-6-7-19(23)14(2)12-18/h6-7,12,17H,5,8-11,13H2,1-4H3,(H,24,28). The monoisotopic (exact) mass is 400 g/mol. The normalized spacial score (nSPS) is 14.9. The van der Waals surface area contributed by atoms with E-state index in [1.165, 1.54) is 12.1 Å². The summed E-state index contributed by atoms with van der Waals surface area (Å²) in [5.41, 5.74) is 3.33. The zero-order valence-corrected chi connectivity index (χ0v) is 17.6. The van der Waals surface area contributed by atoms with E-state index in [9.17, 15) is 14.0 Å². The Hall–Kier alpha value is -2.70. The van der Waals surface area contributed by atoms with Gasteiger partial charge in [0.25, 0.3) is 11.8 Å². The van der Waals surface area contributed by atoms with Gasteiger partial charge in [0, 0.05) is 37.4 Å². The number of nitrogens with one attached hydrogen (secondary N) is 1. The van der Waals surface area contributed by atoms with Gasteiger partial charge >= 0.3 is 0 Å². The lowest BCUT2D eigenvalue weighted by molar-refractivity contribution is 0.0682. The van der Waals surface area contributed by atoms with Crippen molar-refractivity contribution in [1.82, 2.24) is 20.0 Å². The second kappa shape index (κ2) is 8.76. The van der Waals surface area contributed by atoms with Gasteiger partial charge in [0.1, 0.15) is 5.82 Å². The van der Waals surface area contributed by atoms with Crippen LogP contribution >= 0.6 is 0 Å². The summed E-state index contributed by atoms with van der Waals surface area (Å²) >= 11 is 0. The maximum Gasteiger partial charge on any atom is 0.257 e. The Bertz CT molecular complexity index is 914. The van der Waals surface area contributed by atoms with Crippen LogP contribution in [0.15, 0.2) is 18.2 Å². The summed E-state index contributed by atoms with van der Waals surface area (Å²) in [6.07, 6.45) is 1.68. The van der Waals surface area contributed by atoms with Crippen LogP contribution in [0.1, 0.15) is 57.4 Å². The summed E-state index contributed by atoms with van der Waals surface area (Å²) in [5, 5.41) is 7.39. The SMILES string of the molecule is CCn1nc(C)c(C(=O)N2CCC(CNC(=O)c3ccc(F)c(C)c3)CC2)c1C. The molecule has 7 heteroatoms. The highest BCUT2D eigenvalue weighted by atomic mass is 19.1. The van der Waals surface area contributed by atoms with Crippen LogP contribution in [0.5, 0.6) is 0 Å². The number of aromatic nitrogens is 2. The van der Waals surface area contributed by atoms with Gasteiger partial charge in [0.2, 0.25) is 0 Å². The third-order valence-electron chi connectivity index (χ3n) is 5.77. The maximum absolute atomic E-state index is 13.4. The molecule has 2 heterocycles. The molecule has 1 saturated heterocycles. The fourth-order valence-corrected chi connectivity index (χ4v) is 3.94. The van der Waals surface area contributed by atoms with E-state index >= 15 is 0 Å². The number of aryl methyl sites for hydroxylation is 3. The minimum absolute atomic E-state index is 0.0453. The van der Waals surface area contributed by atoms with Gasteiger partial charge in [-0.15, -0.1) is 0 Å². The number of piperidine rings is 1. The molecule has 0 bridgehead atoms. The second-order valence-corrected chi connectivity index (χ2v) is 7.77. The largest absolute Gasteiger partial charge is 0.352 e. The zero-order valence-electron chi connectivity index (χ0n) is 17.6. The Morgan fingerprint density at radius 1 is 1.21 bits per heavy atom. The molecule has 29 heavy (non-hydrogen) atoms. The van der Waals surface area contributed by atoms with E-state index in [0.717, 1.165) is 30.8 Å². The summed E-state index contributed by atoms with van der Waals surface area (Å²) in [5.74, 6) is -0.132. The van der Waals surface area contributed by atoms with Crippen molar-refractivity contribution >= 4 is 11.8 Å². The lowest BCUT2D eigenvalue weighted by atomic mass is 9.96. The van der Waals surface area contributed by atoms with Crippen molar-refractivity contribution < 1.29 is 14.0 Å². The van der Waals surface area contributed by atoms with E-state index in [4.69, 9.17) is 0 Å². The Labute approximate surface area is 171 Å². The summed E-state index contributed by atoms with van der Waals surface area (Å²) < 4.78 is 15.2. The lowest BCUT2D eigenvalue weighted by Crippen LogP contribution is -2.41. The van der Waals surface area contributed by atoms with Gasteiger partial charge in [-0.3, -0.25) is 14.3 Å². The highest BCUT2D eigenvalue weighted by Crippen LogP contribution is 2.22. The molecule has 0 atom stereocenters. The predicted octanol–water partition coefficient (Wildman–Crippen LogP) is 3.25. The van der Waals surface area contributed by atoms with E-state index in [1.807, 2.05) is 30.4 Å². The topological polar surface area (TPSA) is 67.2 Å². The highest BCUT2D eigenvalue weighted by molar-refractivity contribution is 5.96. The van der Waals surface area contributed by atoms with Crippen LogP contribution < -0.4 is 5.32 Å². The molecule has 1 aliphatic heterocycles. The lowest BCUT2D eigenvalue weighted by Gasteiger charge is -2.32. The first-order valence-electron chi connectivity index (χ1n) is 10.2. The van der Waals surface area contributed by atoms with Gasteiger partial charge in [-0.25, -0.2) is 4.39 Å². The van der Waals surface area contributed by atoms with Crippen LogP contribution in [-0.2, 0) is 6.54 Å². The van der Waals surface area contributed by atoms with Crippen LogP contribution in [-0.4, -0.2) is 46.1 Å². The predicted molar refractivity (Wildman–Crippen MR) is 109 cm³/mol. The molecule has 1 N–H and O–H groups in total. The average Bonchev–Trinajstić information content (AvgIpc) is 3.01. The van der Waals surface area contributed by atoms with Gasteiger partial charge in [-0.2, -0.15) is 5.10 Å². The fraction of sp³-hybridized carbons (Fsp3) is 0.500. The molecule has 0 saturated carbocycles. The number of nitrogens with zero attached hydrogens (tertiary/aromatic N) is 3. The molecule has 2 amide bonds. The first-order valence-corrected chi connectivity index (χ1v) is 10.2. The summed E-state index contributed by atoms with van der Waals surface area (Å²) in [6.45, 7) is 10.1. The van der Waals surface area contributed by atoms with Crippen LogP contribution in [0.4, 0.5) is 4.39 Å². The number of carbonyl (C=O) groups excluding carboxylic acids is 2. The number of halogens is 1. The second-order valence-electron chi connectivity index (χ2n) is 7.77. The molecule has 1 fully saturated rings. The molecule has 6 nitrogen and oxygen atoms in total. The van der Waals surface area contributed by atoms with Crippen LogP contribution in [0.25, 0.3) is 0 Å². The first kappa shape index (κ1) is 21.0. The molecule has 1 aromatic heterocycles. The van der Waals surface area contributed by atoms with Crippen molar-refractivity contribution in [3.63, 3.8) is 0 Å². The van der Waals surface area contributed by atoms with Gasteiger partial charge in [-0.05, 0) is 70.2 Å². The van der Waals surface area contributed by atoms with Crippen LogP contribution in [0, 0.1) is 32.5 Å². The van der Waals surface area contributed by atoms with Crippen LogP contribution in [0.2, 0.25) is 0 Å². The zero-order chi connectivity index (χ0) is 21.1. The van der Waals surface area contributed by atoms with Gasteiger partial charge in [0.15, 0.2) is 0 Å². The smallest absolute Gasteiger partial charge is 0.257 e. The molecule has 0 unspecified atom stereocenters. The van der Waals surface area contributed by atoms with Gasteiger partial charge in [-0.1, -0.05) is 0 Å². The van der Waals surface area contributed by atoms with E-state index in [-0.39, 0.29) is 17.6 Å². The van der Waals surface area contributed by atoms with Crippen molar-refractivity contribution in [2.24, 2.45) is 5.92 Å². The first-order chi connectivity index (χ1) is 13.8. The van der Waals surface area contributed by atoms with Crippen LogP contribution in [0.3, 0.4) is 0 Å². The Kier molecular flexibility index (Phi) is 6.35. The van der Waals surface area contributed by atoms with Crippen molar-refractivity contribution in [1.29, 1.82) is 0 Å². The summed E-state index contributed by atoms with van der Waals surface area (Å²) in [4.78, 5) is 27.2. The Balaban J connectivity index is 1.53. The molecule has 0 spiro atoms. The van der Waals surface area contributed by atoms with Gasteiger partial charge < -0.3 is 10.2 Å². The summed E-state index contributed by atoms with van der Waals surface area (Å²) in [6, 6.07) is 4.38. The molecule has 1 aliphatic rings. The van der Waals surface area contributed by atoms with Crippen molar-refractivity contribution in [3.8, 4) is 0 Å². The maximum atomic E-state index is 13.4. The molecule has 0 radical (unpaired) electrons. The number of amides is 2. The van der Waals surface area contributed by atoms with E-state index in [1.54, 1.807) is 13.0 Å². The molecule has 3 rings (SSSR count). The molecular formula is C22H29FN4O2. The van der Waals surface area contributed by atoms with Crippen molar-refractivity contribution in [2.45, 2.75) is 47.1 Å². The fourth-order valence-electron chi connectivity index (χ4n) is 3.94. The molecule has 2 aromatic rings. The van der Waals surface area contributed by atoms with E-state index in [2.05, 4.69) is 10.4 Å². The minimum atomic E-state index is -0.312. The number of rotatable bonds is 5. The number of carbonyl (C=O) groups is 2. The molecule has 1 aromatic carbocycles.